The van der Waals surface area contributed by atoms with E-state index in [1.165, 1.54) is 27.2 Å². The van der Waals surface area contributed by atoms with Gasteiger partial charge in [0.25, 0.3) is 0 Å². The first-order chi connectivity index (χ1) is 11.3. The van der Waals surface area contributed by atoms with Gasteiger partial charge in [0.2, 0.25) is 0 Å². The van der Waals surface area contributed by atoms with Crippen molar-refractivity contribution in [2.45, 2.75) is 83.3 Å². The Bertz CT molecular complexity index is 747. The molecule has 0 aromatic heterocycles. The van der Waals surface area contributed by atoms with Gasteiger partial charge < -0.3 is 0 Å². The lowest BCUT2D eigenvalue weighted by Crippen LogP contribution is -2.41. The Labute approximate surface area is 159 Å². The molecule has 0 saturated heterocycles. The first kappa shape index (κ1) is 18.8. The van der Waals surface area contributed by atoms with Crippen molar-refractivity contribution < 1.29 is 0 Å². The van der Waals surface area contributed by atoms with E-state index < -0.39 is 0 Å². The maximum absolute atomic E-state index is 2.58. The van der Waals surface area contributed by atoms with E-state index in [0.717, 1.165) is 0 Å². The second-order valence-corrected chi connectivity index (χ2v) is 11.7. The predicted molar refractivity (Wildman–Crippen MR) is 113 cm³/mol. The van der Waals surface area contributed by atoms with Crippen molar-refractivity contribution in [3.63, 3.8) is 0 Å². The summed E-state index contributed by atoms with van der Waals surface area (Å²) in [6.45, 7) is 21.2. The van der Waals surface area contributed by atoms with Crippen LogP contribution in [0.1, 0.15) is 73.4 Å². The van der Waals surface area contributed by atoms with E-state index >= 15 is 0 Å². The molecule has 0 nitrogen and oxygen atoms in total. The van der Waals surface area contributed by atoms with Crippen molar-refractivity contribution in [2.24, 2.45) is 11.3 Å². The van der Waals surface area contributed by atoms with Crippen LogP contribution < -0.4 is 0 Å². The fourth-order valence-corrected chi connectivity index (χ4v) is 5.77. The summed E-state index contributed by atoms with van der Waals surface area (Å²) in [5.74, 6) is 0.555. The second kappa shape index (κ2) is 5.78. The molecule has 0 fully saturated rings. The van der Waals surface area contributed by atoms with Crippen LogP contribution in [-0.2, 0) is 10.8 Å². The number of allylic oxidation sites excluding steroid dienone is 3. The zero-order valence-corrected chi connectivity index (χ0v) is 18.3. The van der Waals surface area contributed by atoms with Gasteiger partial charge in [0.1, 0.15) is 0 Å². The van der Waals surface area contributed by atoms with Crippen LogP contribution in [0.15, 0.2) is 46.4 Å². The zero-order valence-electron chi connectivity index (χ0n) is 17.4. The highest BCUT2D eigenvalue weighted by Gasteiger charge is 2.44. The van der Waals surface area contributed by atoms with Gasteiger partial charge in [0.15, 0.2) is 0 Å². The Kier molecular flexibility index (Phi) is 4.35. The third kappa shape index (κ3) is 3.25. The van der Waals surface area contributed by atoms with Gasteiger partial charge in [-0.1, -0.05) is 85.2 Å². The van der Waals surface area contributed by atoms with E-state index in [4.69, 9.17) is 0 Å². The molecule has 2 atom stereocenters. The Morgan fingerprint density at radius 2 is 1.60 bits per heavy atom. The van der Waals surface area contributed by atoms with E-state index in [0.29, 0.717) is 11.2 Å². The van der Waals surface area contributed by atoms with Crippen LogP contribution in [-0.4, -0.2) is 5.25 Å². The summed E-state index contributed by atoms with van der Waals surface area (Å²) >= 11 is 2.07. The Hall–Kier alpha value is -0.950. The van der Waals surface area contributed by atoms with Gasteiger partial charge in [0.05, 0.1) is 0 Å². The molecule has 2 unspecified atom stereocenters. The molecule has 1 aliphatic heterocycles. The fraction of sp³-hybridized carbons (Fsp3) is 0.583. The first-order valence-electron chi connectivity index (χ1n) is 9.54. The summed E-state index contributed by atoms with van der Waals surface area (Å²) in [6, 6.07) is 7.19. The molecule has 0 saturated carbocycles. The Morgan fingerprint density at radius 3 is 2.16 bits per heavy atom. The average molecular weight is 355 g/mol. The smallest absolute Gasteiger partial charge is 0.0375 e. The molecule has 1 aromatic rings. The summed E-state index contributed by atoms with van der Waals surface area (Å²) in [4.78, 5) is 1.47. The SMILES string of the molecule is CC1=CC(C(C)(C)C)=CC2C1Sc1ccc(C(C)(C)C)cc1C2(C)C. The minimum absolute atomic E-state index is 0.151. The first-order valence-corrected chi connectivity index (χ1v) is 10.4. The number of thioether (sulfide) groups is 1. The van der Waals surface area contributed by atoms with Crippen molar-refractivity contribution >= 4 is 11.8 Å². The Morgan fingerprint density at radius 1 is 0.960 bits per heavy atom. The predicted octanol–water partition coefficient (Wildman–Crippen LogP) is 7.28. The van der Waals surface area contributed by atoms with E-state index in [1.54, 1.807) is 0 Å². The van der Waals surface area contributed by atoms with Gasteiger partial charge in [0, 0.05) is 16.1 Å². The third-order valence-corrected chi connectivity index (χ3v) is 7.54. The molecule has 1 aromatic carbocycles. The van der Waals surface area contributed by atoms with Gasteiger partial charge in [-0.25, -0.2) is 0 Å². The topological polar surface area (TPSA) is 0 Å². The molecule has 136 valence electrons. The molecule has 3 rings (SSSR count). The van der Waals surface area contributed by atoms with Crippen molar-refractivity contribution in [3.8, 4) is 0 Å². The molecule has 2 aliphatic rings. The van der Waals surface area contributed by atoms with E-state index in [1.807, 2.05) is 0 Å². The number of hydrogen-bond acceptors (Lipinski definition) is 1. The normalized spacial score (nSPS) is 25.6. The zero-order chi connectivity index (χ0) is 18.8. The second-order valence-electron chi connectivity index (χ2n) is 10.5. The molecule has 0 amide bonds. The van der Waals surface area contributed by atoms with Crippen LogP contribution in [0.2, 0.25) is 0 Å². The molecule has 0 spiro atoms. The molecular formula is C24H34S. The molecule has 1 aliphatic carbocycles. The maximum Gasteiger partial charge on any atom is 0.0375 e. The van der Waals surface area contributed by atoms with E-state index in [-0.39, 0.29) is 16.2 Å². The number of rotatable bonds is 0. The highest BCUT2D eigenvalue weighted by atomic mass is 32.2. The highest BCUT2D eigenvalue weighted by molar-refractivity contribution is 8.00. The summed E-state index contributed by atoms with van der Waals surface area (Å²) < 4.78 is 0. The lowest BCUT2D eigenvalue weighted by molar-refractivity contribution is 0.359. The van der Waals surface area contributed by atoms with Crippen LogP contribution in [0.3, 0.4) is 0 Å². The molecule has 0 bridgehead atoms. The van der Waals surface area contributed by atoms with Gasteiger partial charge in [-0.2, -0.15) is 0 Å². The summed E-state index contributed by atoms with van der Waals surface area (Å²) in [5, 5.41) is 0.564. The lowest BCUT2D eigenvalue weighted by Gasteiger charge is -2.47. The highest BCUT2D eigenvalue weighted by Crippen LogP contribution is 2.54. The number of benzene rings is 1. The largest absolute Gasteiger partial charge is 0.117 e. The van der Waals surface area contributed by atoms with Crippen LogP contribution in [0.25, 0.3) is 0 Å². The fourth-order valence-electron chi connectivity index (χ4n) is 4.08. The van der Waals surface area contributed by atoms with Crippen LogP contribution in [0.4, 0.5) is 0 Å². The average Bonchev–Trinajstić information content (AvgIpc) is 2.46. The molecule has 25 heavy (non-hydrogen) atoms. The van der Waals surface area contributed by atoms with E-state index in [9.17, 15) is 0 Å². The summed E-state index contributed by atoms with van der Waals surface area (Å²) in [5.41, 5.74) is 6.56. The van der Waals surface area contributed by atoms with E-state index in [2.05, 4.69) is 104 Å². The van der Waals surface area contributed by atoms with Gasteiger partial charge >= 0.3 is 0 Å². The van der Waals surface area contributed by atoms with Crippen molar-refractivity contribution in [1.29, 1.82) is 0 Å². The van der Waals surface area contributed by atoms with Gasteiger partial charge in [-0.05, 0) is 45.9 Å². The quantitative estimate of drug-likeness (QED) is 0.471. The monoisotopic (exact) mass is 354 g/mol. The van der Waals surface area contributed by atoms with Gasteiger partial charge in [-0.15, -0.1) is 11.8 Å². The van der Waals surface area contributed by atoms with Crippen molar-refractivity contribution in [3.05, 3.63) is 52.6 Å². The Balaban J connectivity index is 2.14. The summed E-state index contributed by atoms with van der Waals surface area (Å²) in [6.07, 6.45) is 5.02. The molecule has 1 heteroatoms. The minimum Gasteiger partial charge on any atom is -0.117 e. The lowest BCUT2D eigenvalue weighted by atomic mass is 9.65. The number of fused-ring (bicyclic) bond motifs is 2. The molecule has 0 radical (unpaired) electrons. The third-order valence-electron chi connectivity index (χ3n) is 6.01. The van der Waals surface area contributed by atoms with Crippen LogP contribution >= 0.6 is 11.8 Å². The van der Waals surface area contributed by atoms with Crippen molar-refractivity contribution in [2.75, 3.05) is 0 Å². The van der Waals surface area contributed by atoms with Crippen LogP contribution in [0.5, 0.6) is 0 Å². The number of hydrogen-bond donors (Lipinski definition) is 0. The van der Waals surface area contributed by atoms with Crippen LogP contribution in [0, 0.1) is 11.3 Å². The summed E-state index contributed by atoms with van der Waals surface area (Å²) in [7, 11) is 0. The maximum atomic E-state index is 2.58. The molecular weight excluding hydrogens is 320 g/mol. The minimum atomic E-state index is 0.151. The van der Waals surface area contributed by atoms with Crippen molar-refractivity contribution in [1.82, 2.24) is 0 Å². The molecule has 0 N–H and O–H groups in total. The van der Waals surface area contributed by atoms with Gasteiger partial charge in [-0.3, -0.25) is 0 Å². The molecule has 1 heterocycles. The standard InChI is InChI=1S/C24H34S/c1-15-12-17(23(5,6)7)14-19-21(15)25-20-11-10-16(22(2,3)4)13-18(20)24(19,8)9/h10-14,19,21H,1-9H3.